The first-order valence-corrected chi connectivity index (χ1v) is 6.59. The van der Waals surface area contributed by atoms with Crippen LogP contribution in [0.4, 0.5) is 30.2 Å². The van der Waals surface area contributed by atoms with Gasteiger partial charge in [-0.15, -0.1) is 0 Å². The van der Waals surface area contributed by atoms with Crippen LogP contribution < -0.4 is 4.90 Å². The molecule has 1 aliphatic heterocycles. The van der Waals surface area contributed by atoms with Crippen LogP contribution in [0.1, 0.15) is 5.56 Å². The molecule has 1 saturated heterocycles. The van der Waals surface area contributed by atoms with Gasteiger partial charge in [0, 0.05) is 19.2 Å². The summed E-state index contributed by atoms with van der Waals surface area (Å²) in [6.07, 6.45) is -5.74. The van der Waals surface area contributed by atoms with Gasteiger partial charge in [-0.3, -0.25) is 20.2 Å². The van der Waals surface area contributed by atoms with Gasteiger partial charge in [-0.1, -0.05) is 0 Å². The van der Waals surface area contributed by atoms with Crippen molar-refractivity contribution in [3.63, 3.8) is 0 Å². The van der Waals surface area contributed by atoms with Gasteiger partial charge in [-0.2, -0.15) is 13.2 Å². The van der Waals surface area contributed by atoms with Gasteiger partial charge in [0.15, 0.2) is 12.0 Å². The monoisotopic (exact) mass is 351 g/mol. The number of nitrogens with zero attached hydrogens (tertiary/aromatic N) is 3. The summed E-state index contributed by atoms with van der Waals surface area (Å²) in [4.78, 5) is 21.2. The van der Waals surface area contributed by atoms with E-state index in [-0.39, 0.29) is 31.9 Å². The molecular formula is C12H12F3N3O6. The summed E-state index contributed by atoms with van der Waals surface area (Å²) < 4.78 is 48.8. The van der Waals surface area contributed by atoms with E-state index in [2.05, 4.69) is 0 Å². The van der Waals surface area contributed by atoms with E-state index < -0.39 is 44.9 Å². The van der Waals surface area contributed by atoms with Crippen LogP contribution in [0.2, 0.25) is 0 Å². The molecule has 0 radical (unpaired) electrons. The molecule has 1 fully saturated rings. The molecule has 1 heterocycles. The standard InChI is InChI=1S/C12H12F3N3O6/c1-16(6-10-23-2-3-24-10)11-8(17(19)20)4-7(12(13,14)15)5-9(11)18(21)22/h4-5,10H,2-3,6H2,1H3. The lowest BCUT2D eigenvalue weighted by Crippen LogP contribution is -2.30. The fraction of sp³-hybridized carbons (Fsp3) is 0.500. The molecule has 132 valence electrons. The summed E-state index contributed by atoms with van der Waals surface area (Å²) in [7, 11) is 1.27. The third-order valence-corrected chi connectivity index (χ3v) is 3.29. The van der Waals surface area contributed by atoms with Gasteiger partial charge in [0.05, 0.1) is 35.2 Å². The molecular weight excluding hydrogens is 339 g/mol. The minimum absolute atomic E-state index is 0.118. The van der Waals surface area contributed by atoms with E-state index in [1.54, 1.807) is 0 Å². The van der Waals surface area contributed by atoms with Crippen LogP contribution >= 0.6 is 0 Å². The first kappa shape index (κ1) is 17.9. The number of anilines is 1. The molecule has 0 atom stereocenters. The summed E-state index contributed by atoms with van der Waals surface area (Å²) in [5.41, 5.74) is -4.04. The van der Waals surface area contributed by atoms with Crippen LogP contribution in [0.5, 0.6) is 0 Å². The number of hydrogen-bond acceptors (Lipinski definition) is 7. The lowest BCUT2D eigenvalue weighted by atomic mass is 10.1. The molecule has 24 heavy (non-hydrogen) atoms. The zero-order valence-electron chi connectivity index (χ0n) is 12.3. The van der Waals surface area contributed by atoms with Crippen LogP contribution in [0.15, 0.2) is 12.1 Å². The average Bonchev–Trinajstić information content (AvgIpc) is 2.97. The topological polar surface area (TPSA) is 108 Å². The predicted octanol–water partition coefficient (Wildman–Crippen LogP) is 2.33. The minimum Gasteiger partial charge on any atom is -0.358 e. The Labute approximate surface area is 132 Å². The van der Waals surface area contributed by atoms with Crippen molar-refractivity contribution in [2.75, 3.05) is 31.7 Å². The van der Waals surface area contributed by atoms with Crippen molar-refractivity contribution in [1.29, 1.82) is 0 Å². The maximum atomic E-state index is 12.8. The van der Waals surface area contributed by atoms with Gasteiger partial charge in [-0.25, -0.2) is 0 Å². The Hall–Kier alpha value is -2.47. The Bertz CT molecular complexity index is 625. The van der Waals surface area contributed by atoms with Crippen molar-refractivity contribution < 1.29 is 32.5 Å². The van der Waals surface area contributed by atoms with Crippen molar-refractivity contribution in [1.82, 2.24) is 0 Å². The Morgan fingerprint density at radius 2 is 1.62 bits per heavy atom. The Morgan fingerprint density at radius 1 is 1.17 bits per heavy atom. The fourth-order valence-corrected chi connectivity index (χ4v) is 2.26. The molecule has 9 nitrogen and oxygen atoms in total. The summed E-state index contributed by atoms with van der Waals surface area (Å²) >= 11 is 0. The molecule has 12 heteroatoms. The zero-order chi connectivity index (χ0) is 18.1. The Morgan fingerprint density at radius 3 is 2.00 bits per heavy atom. The number of halogens is 3. The van der Waals surface area contributed by atoms with Crippen molar-refractivity contribution in [2.24, 2.45) is 0 Å². The predicted molar refractivity (Wildman–Crippen MR) is 73.7 cm³/mol. The van der Waals surface area contributed by atoms with Crippen LogP contribution in [0.25, 0.3) is 0 Å². The second-order valence-electron chi connectivity index (χ2n) is 4.93. The van der Waals surface area contributed by atoms with Crippen LogP contribution in [-0.2, 0) is 15.7 Å². The molecule has 0 unspecified atom stereocenters. The molecule has 0 saturated carbocycles. The van der Waals surface area contributed by atoms with Gasteiger partial charge < -0.3 is 14.4 Å². The molecule has 0 spiro atoms. The van der Waals surface area contributed by atoms with Crippen molar-refractivity contribution in [2.45, 2.75) is 12.5 Å². The second kappa shape index (κ2) is 6.57. The first-order valence-electron chi connectivity index (χ1n) is 6.59. The third-order valence-electron chi connectivity index (χ3n) is 3.29. The minimum atomic E-state index is -4.95. The molecule has 2 rings (SSSR count). The summed E-state index contributed by atoms with van der Waals surface area (Å²) in [5, 5.41) is 22.3. The smallest absolute Gasteiger partial charge is 0.358 e. The SMILES string of the molecule is CN(CC1OCCO1)c1c([N+](=O)[O-])cc(C(F)(F)F)cc1[N+](=O)[O-]. The molecule has 1 aromatic rings. The lowest BCUT2D eigenvalue weighted by molar-refractivity contribution is -0.393. The highest BCUT2D eigenvalue weighted by Gasteiger charge is 2.39. The number of benzene rings is 1. The summed E-state index contributed by atoms with van der Waals surface area (Å²) in [6, 6.07) is 0.546. The highest BCUT2D eigenvalue weighted by molar-refractivity contribution is 5.76. The van der Waals surface area contributed by atoms with Crippen LogP contribution in [0.3, 0.4) is 0 Å². The van der Waals surface area contributed by atoms with Gasteiger partial charge in [0.25, 0.3) is 11.4 Å². The maximum absolute atomic E-state index is 12.8. The number of alkyl halides is 3. The molecule has 0 amide bonds. The van der Waals surface area contributed by atoms with E-state index in [4.69, 9.17) is 9.47 Å². The van der Waals surface area contributed by atoms with Crippen LogP contribution in [-0.4, -0.2) is 42.9 Å². The summed E-state index contributed by atoms with van der Waals surface area (Å²) in [5.74, 6) is 0. The largest absolute Gasteiger partial charge is 0.416 e. The van der Waals surface area contributed by atoms with E-state index in [1.165, 1.54) is 7.05 Å². The second-order valence-corrected chi connectivity index (χ2v) is 4.93. The van der Waals surface area contributed by atoms with Gasteiger partial charge >= 0.3 is 6.18 Å². The number of nitro benzene ring substituents is 2. The highest BCUT2D eigenvalue weighted by atomic mass is 19.4. The molecule has 0 aliphatic carbocycles. The molecule has 0 aromatic heterocycles. The lowest BCUT2D eigenvalue weighted by Gasteiger charge is -2.22. The fourth-order valence-electron chi connectivity index (χ4n) is 2.26. The first-order chi connectivity index (χ1) is 11.1. The number of nitro groups is 2. The quantitative estimate of drug-likeness (QED) is 0.592. The molecule has 0 N–H and O–H groups in total. The van der Waals surface area contributed by atoms with Gasteiger partial charge in [-0.05, 0) is 0 Å². The van der Waals surface area contributed by atoms with E-state index in [9.17, 15) is 33.4 Å². The van der Waals surface area contributed by atoms with E-state index >= 15 is 0 Å². The normalized spacial score (nSPS) is 15.5. The molecule has 0 bridgehead atoms. The van der Waals surface area contributed by atoms with E-state index in [0.717, 1.165) is 4.90 Å². The number of rotatable bonds is 5. The van der Waals surface area contributed by atoms with E-state index in [1.807, 2.05) is 0 Å². The van der Waals surface area contributed by atoms with Gasteiger partial charge in [0.1, 0.15) is 0 Å². The average molecular weight is 351 g/mol. The Kier molecular flexibility index (Phi) is 4.89. The van der Waals surface area contributed by atoms with Crippen molar-refractivity contribution in [3.8, 4) is 0 Å². The van der Waals surface area contributed by atoms with Crippen molar-refractivity contribution >= 4 is 17.1 Å². The van der Waals surface area contributed by atoms with Crippen LogP contribution in [0, 0.1) is 20.2 Å². The molecule has 1 aliphatic rings. The van der Waals surface area contributed by atoms with Crippen molar-refractivity contribution in [3.05, 3.63) is 37.9 Å². The highest BCUT2D eigenvalue weighted by Crippen LogP contribution is 2.42. The third kappa shape index (κ3) is 3.71. The zero-order valence-corrected chi connectivity index (χ0v) is 12.3. The molecule has 1 aromatic carbocycles. The van der Waals surface area contributed by atoms with Gasteiger partial charge in [0.2, 0.25) is 0 Å². The number of ether oxygens (including phenoxy) is 2. The Balaban J connectivity index is 2.54. The number of likely N-dealkylation sites (N-methyl/N-ethyl adjacent to an activating group) is 1. The number of hydrogen-bond donors (Lipinski definition) is 0. The van der Waals surface area contributed by atoms with E-state index in [0.29, 0.717) is 0 Å². The maximum Gasteiger partial charge on any atom is 0.416 e. The summed E-state index contributed by atoms with van der Waals surface area (Å²) in [6.45, 7) is 0.457.